The zero-order chi connectivity index (χ0) is 9.10. The Hall–Kier alpha value is -0.570. The summed E-state index contributed by atoms with van der Waals surface area (Å²) >= 11 is 0. The van der Waals surface area contributed by atoms with Gasteiger partial charge in [0.1, 0.15) is 0 Å². The molecule has 1 amide bonds. The van der Waals surface area contributed by atoms with E-state index < -0.39 is 0 Å². The van der Waals surface area contributed by atoms with Crippen LogP contribution in [-0.2, 0) is 4.79 Å². The maximum atomic E-state index is 11.8. The van der Waals surface area contributed by atoms with Crippen molar-refractivity contribution in [3.63, 3.8) is 0 Å². The largest absolute Gasteiger partial charge is 0.340 e. The Labute approximate surface area is 79.5 Å². The molecule has 3 heteroatoms. The maximum absolute atomic E-state index is 11.8. The molecular formula is C10H13N2O. The molecular weight excluding hydrogens is 164 g/mol. The second-order valence-electron chi connectivity index (χ2n) is 3.22. The normalized spacial score (nSPS) is 25.1. The van der Waals surface area contributed by atoms with Crippen LogP contribution in [0.5, 0.6) is 0 Å². The summed E-state index contributed by atoms with van der Waals surface area (Å²) in [6.45, 7) is 3.47. The second kappa shape index (κ2) is 4.09. The first kappa shape index (κ1) is 9.00. The summed E-state index contributed by atoms with van der Waals surface area (Å²) in [4.78, 5) is 13.7. The number of hydrogen-bond acceptors (Lipinski definition) is 2. The van der Waals surface area contributed by atoms with E-state index in [-0.39, 0.29) is 5.91 Å². The Morgan fingerprint density at radius 3 is 2.46 bits per heavy atom. The molecule has 0 aromatic heterocycles. The van der Waals surface area contributed by atoms with Gasteiger partial charge in [-0.2, -0.15) is 0 Å². The molecule has 0 spiro atoms. The molecule has 1 N–H and O–H groups in total. The number of nitrogens with one attached hydrogen (secondary N) is 1. The molecule has 0 atom stereocenters. The molecule has 1 aliphatic carbocycles. The highest BCUT2D eigenvalue weighted by atomic mass is 16.2. The summed E-state index contributed by atoms with van der Waals surface area (Å²) in [5, 5.41) is 3.22. The summed E-state index contributed by atoms with van der Waals surface area (Å²) in [5.74, 6) is 0.966. The Balaban J connectivity index is 1.87. The molecule has 2 aliphatic rings. The van der Waals surface area contributed by atoms with Crippen molar-refractivity contribution in [2.45, 2.75) is 0 Å². The van der Waals surface area contributed by atoms with Gasteiger partial charge in [-0.25, -0.2) is 0 Å². The molecule has 1 saturated heterocycles. The Morgan fingerprint density at radius 2 is 1.85 bits per heavy atom. The quantitative estimate of drug-likeness (QED) is 0.603. The average molecular weight is 177 g/mol. The van der Waals surface area contributed by atoms with E-state index in [2.05, 4.69) is 5.32 Å². The van der Waals surface area contributed by atoms with Crippen LogP contribution in [0.15, 0.2) is 0 Å². The summed E-state index contributed by atoms with van der Waals surface area (Å²) < 4.78 is 0. The molecule has 2 fully saturated rings. The highest BCUT2D eigenvalue weighted by Crippen LogP contribution is 2.24. The van der Waals surface area contributed by atoms with Crippen LogP contribution in [0.1, 0.15) is 0 Å². The first-order valence-electron chi connectivity index (χ1n) is 4.59. The van der Waals surface area contributed by atoms with E-state index in [0.29, 0.717) is 0 Å². The van der Waals surface area contributed by atoms with Crippen molar-refractivity contribution in [3.8, 4) is 0 Å². The molecule has 0 bridgehead atoms. The van der Waals surface area contributed by atoms with Crippen LogP contribution in [0.25, 0.3) is 0 Å². The third-order valence-corrected chi connectivity index (χ3v) is 2.31. The minimum Gasteiger partial charge on any atom is -0.340 e. The van der Waals surface area contributed by atoms with Crippen LogP contribution in [0, 0.1) is 31.6 Å². The summed E-state index contributed by atoms with van der Waals surface area (Å²) in [6.07, 6.45) is 7.53. The van der Waals surface area contributed by atoms with Crippen LogP contribution < -0.4 is 5.32 Å². The third-order valence-electron chi connectivity index (χ3n) is 2.31. The number of amides is 1. The highest BCUT2D eigenvalue weighted by Gasteiger charge is 2.29. The first-order valence-corrected chi connectivity index (χ1v) is 4.59. The van der Waals surface area contributed by atoms with Gasteiger partial charge in [0.05, 0.1) is 5.92 Å². The molecule has 1 saturated carbocycles. The van der Waals surface area contributed by atoms with Gasteiger partial charge in [-0.15, -0.1) is 0 Å². The number of piperazine rings is 1. The van der Waals surface area contributed by atoms with Crippen LogP contribution in [0.2, 0.25) is 0 Å². The van der Waals surface area contributed by atoms with E-state index >= 15 is 0 Å². The lowest BCUT2D eigenvalue weighted by atomic mass is 10.1. The maximum Gasteiger partial charge on any atom is 0.230 e. The standard InChI is InChI=1S/C10H13N2O/c13-10(9-3-1-2-4-9)12-7-5-11-6-8-12/h1-4,11H,5-8H2. The van der Waals surface area contributed by atoms with Crippen molar-refractivity contribution in [1.29, 1.82) is 0 Å². The van der Waals surface area contributed by atoms with Gasteiger partial charge < -0.3 is 10.2 Å². The number of carbonyl (C=O) groups is 1. The fraction of sp³-hybridized carbons (Fsp3) is 0.400. The molecule has 3 nitrogen and oxygen atoms in total. The van der Waals surface area contributed by atoms with Gasteiger partial charge in [0.2, 0.25) is 5.91 Å². The minimum atomic E-state index is 0.159. The lowest BCUT2D eigenvalue weighted by Crippen LogP contribution is -2.47. The van der Waals surface area contributed by atoms with E-state index in [1.807, 2.05) is 30.6 Å². The van der Waals surface area contributed by atoms with Crippen molar-refractivity contribution < 1.29 is 4.79 Å². The predicted molar refractivity (Wildman–Crippen MR) is 49.9 cm³/mol. The molecule has 1 heterocycles. The van der Waals surface area contributed by atoms with Crippen molar-refractivity contribution in [1.82, 2.24) is 10.2 Å². The summed E-state index contributed by atoms with van der Waals surface area (Å²) in [6, 6.07) is 0. The molecule has 1 aliphatic heterocycles. The van der Waals surface area contributed by atoms with E-state index in [9.17, 15) is 4.79 Å². The lowest BCUT2D eigenvalue weighted by Gasteiger charge is -2.29. The Kier molecular flexibility index (Phi) is 2.83. The van der Waals surface area contributed by atoms with Crippen LogP contribution in [-0.4, -0.2) is 37.0 Å². The first-order chi connectivity index (χ1) is 6.38. The van der Waals surface area contributed by atoms with Crippen molar-refractivity contribution in [2.75, 3.05) is 26.2 Å². The lowest BCUT2D eigenvalue weighted by molar-refractivity contribution is -0.128. The van der Waals surface area contributed by atoms with Crippen LogP contribution in [0.3, 0.4) is 0 Å². The van der Waals surface area contributed by atoms with Gasteiger partial charge in [0.25, 0.3) is 0 Å². The SMILES string of the molecule is O=C([C]1[CH][CH][CH][CH]1)N1CCNCC1. The monoisotopic (exact) mass is 177 g/mol. The van der Waals surface area contributed by atoms with Crippen LogP contribution in [0.4, 0.5) is 0 Å². The average Bonchev–Trinajstić information content (AvgIpc) is 2.71. The van der Waals surface area contributed by atoms with E-state index in [4.69, 9.17) is 0 Å². The third kappa shape index (κ3) is 2.02. The molecule has 2 rings (SSSR count). The second-order valence-corrected chi connectivity index (χ2v) is 3.22. The topological polar surface area (TPSA) is 32.3 Å². The molecule has 0 aromatic carbocycles. The van der Waals surface area contributed by atoms with Gasteiger partial charge in [0, 0.05) is 26.2 Å². The minimum absolute atomic E-state index is 0.159. The van der Waals surface area contributed by atoms with Gasteiger partial charge >= 0.3 is 0 Å². The molecule has 69 valence electrons. The van der Waals surface area contributed by atoms with E-state index in [1.165, 1.54) is 0 Å². The summed E-state index contributed by atoms with van der Waals surface area (Å²) in [5.41, 5.74) is 0. The highest BCUT2D eigenvalue weighted by molar-refractivity contribution is 5.95. The zero-order valence-electron chi connectivity index (χ0n) is 7.49. The van der Waals surface area contributed by atoms with Crippen LogP contribution >= 0.6 is 0 Å². The zero-order valence-corrected chi connectivity index (χ0v) is 7.49. The number of hydrogen-bond donors (Lipinski definition) is 1. The molecule has 13 heavy (non-hydrogen) atoms. The summed E-state index contributed by atoms with van der Waals surface area (Å²) in [7, 11) is 0. The van der Waals surface area contributed by atoms with E-state index in [0.717, 1.165) is 32.1 Å². The smallest absolute Gasteiger partial charge is 0.230 e. The molecule has 0 aromatic rings. The van der Waals surface area contributed by atoms with Gasteiger partial charge in [0.15, 0.2) is 0 Å². The van der Waals surface area contributed by atoms with Gasteiger partial charge in [-0.05, 0) is 25.7 Å². The molecule has 5 radical (unpaired) electrons. The number of nitrogens with zero attached hydrogens (tertiary/aromatic N) is 1. The molecule has 0 unspecified atom stereocenters. The fourth-order valence-corrected chi connectivity index (χ4v) is 1.57. The Bertz CT molecular complexity index is 181. The Morgan fingerprint density at radius 1 is 1.23 bits per heavy atom. The van der Waals surface area contributed by atoms with Gasteiger partial charge in [-0.1, -0.05) is 0 Å². The fourth-order valence-electron chi connectivity index (χ4n) is 1.57. The number of carbonyl (C=O) groups excluding carboxylic acids is 1. The predicted octanol–water partition coefficient (Wildman–Crippen LogP) is -0.177. The van der Waals surface area contributed by atoms with Crippen molar-refractivity contribution in [2.24, 2.45) is 0 Å². The number of rotatable bonds is 1. The van der Waals surface area contributed by atoms with Crippen molar-refractivity contribution >= 4 is 5.91 Å². The van der Waals surface area contributed by atoms with Gasteiger partial charge in [-0.3, -0.25) is 4.79 Å². The van der Waals surface area contributed by atoms with E-state index in [1.54, 1.807) is 0 Å². The van der Waals surface area contributed by atoms with Crippen molar-refractivity contribution in [3.05, 3.63) is 31.6 Å².